The molecule has 0 amide bonds. The van der Waals surface area contributed by atoms with E-state index in [4.69, 9.17) is 8.83 Å². The first kappa shape index (κ1) is 26.9. The van der Waals surface area contributed by atoms with Crippen molar-refractivity contribution < 1.29 is 8.83 Å². The zero-order valence-electron chi connectivity index (χ0n) is 26.2. The van der Waals surface area contributed by atoms with Gasteiger partial charge in [-0.25, -0.2) is 0 Å². The maximum atomic E-state index is 6.59. The molecule has 0 saturated carbocycles. The van der Waals surface area contributed by atoms with E-state index in [1.807, 2.05) is 29.5 Å². The molecule has 0 bridgehead atoms. The quantitative estimate of drug-likeness (QED) is 0.179. The minimum atomic E-state index is 0.860. The van der Waals surface area contributed by atoms with Crippen LogP contribution < -0.4 is 0 Å². The molecule has 0 saturated heterocycles. The molecule has 49 heavy (non-hydrogen) atoms. The van der Waals surface area contributed by atoms with Gasteiger partial charge in [0.15, 0.2) is 0 Å². The van der Waals surface area contributed by atoms with Gasteiger partial charge in [0.05, 0.1) is 0 Å². The van der Waals surface area contributed by atoms with Crippen LogP contribution in [0.5, 0.6) is 0 Å². The SMILES string of the molecule is c1ccc(-c2cc3cc4oc5cc(-c6c7ccccc7c(-c7cccc8sc9ccccc9c78)c7ccccc67)ccc5c4cc3o2)cc1. The lowest BCUT2D eigenvalue weighted by Gasteiger charge is -2.18. The zero-order chi connectivity index (χ0) is 32.1. The van der Waals surface area contributed by atoms with Crippen LogP contribution in [0.15, 0.2) is 167 Å². The van der Waals surface area contributed by atoms with Crippen LogP contribution in [-0.2, 0) is 0 Å². The first-order valence-electron chi connectivity index (χ1n) is 16.6. The standard InChI is InChI=1S/C46H26O2S/c1-2-11-27(12-3-1)38-24-29-25-41-37(26-39(29)47-38)30-22-21-28(23-40(30)48-41)44-31-13-4-6-15-33(31)45(34-16-7-5-14-32(34)44)36-18-10-20-43-46(36)35-17-8-9-19-42(35)49-43/h1-26H. The average Bonchev–Trinajstić information content (AvgIpc) is 3.85. The second-order valence-corrected chi connectivity index (χ2v) is 13.9. The summed E-state index contributed by atoms with van der Waals surface area (Å²) in [6, 6.07) is 56.5. The van der Waals surface area contributed by atoms with Crippen molar-refractivity contribution in [3.05, 3.63) is 158 Å². The van der Waals surface area contributed by atoms with Crippen LogP contribution in [0.1, 0.15) is 0 Å². The van der Waals surface area contributed by atoms with Crippen molar-refractivity contribution in [3.63, 3.8) is 0 Å². The first-order chi connectivity index (χ1) is 24.3. The van der Waals surface area contributed by atoms with Crippen LogP contribution in [0.4, 0.5) is 0 Å². The Morgan fingerprint density at radius 2 is 1.02 bits per heavy atom. The number of rotatable bonds is 3. The van der Waals surface area contributed by atoms with Crippen LogP contribution in [-0.4, -0.2) is 0 Å². The van der Waals surface area contributed by atoms with E-state index in [1.165, 1.54) is 58.4 Å². The molecule has 0 radical (unpaired) electrons. The predicted molar refractivity (Wildman–Crippen MR) is 208 cm³/mol. The minimum absolute atomic E-state index is 0.860. The van der Waals surface area contributed by atoms with Gasteiger partial charge in [-0.2, -0.15) is 0 Å². The van der Waals surface area contributed by atoms with Crippen molar-refractivity contribution >= 4 is 86.0 Å². The maximum absolute atomic E-state index is 6.59. The fourth-order valence-corrected chi connectivity index (χ4v) is 9.05. The number of hydrogen-bond acceptors (Lipinski definition) is 3. The van der Waals surface area contributed by atoms with Gasteiger partial charge in [0.2, 0.25) is 0 Å². The van der Waals surface area contributed by atoms with Gasteiger partial charge in [-0.3, -0.25) is 0 Å². The Morgan fingerprint density at radius 3 is 1.80 bits per heavy atom. The van der Waals surface area contributed by atoms with Gasteiger partial charge in [-0.05, 0) is 86.3 Å². The highest BCUT2D eigenvalue weighted by molar-refractivity contribution is 7.25. The Morgan fingerprint density at radius 1 is 0.367 bits per heavy atom. The van der Waals surface area contributed by atoms with Crippen molar-refractivity contribution in [2.75, 3.05) is 0 Å². The lowest BCUT2D eigenvalue weighted by atomic mass is 9.85. The number of thiophene rings is 1. The van der Waals surface area contributed by atoms with Gasteiger partial charge in [-0.15, -0.1) is 11.3 Å². The fraction of sp³-hybridized carbons (Fsp3) is 0. The Bertz CT molecular complexity index is 3050. The van der Waals surface area contributed by atoms with E-state index in [-0.39, 0.29) is 0 Å². The summed E-state index contributed by atoms with van der Waals surface area (Å²) >= 11 is 1.87. The minimum Gasteiger partial charge on any atom is -0.456 e. The van der Waals surface area contributed by atoms with E-state index < -0.39 is 0 Å². The van der Waals surface area contributed by atoms with Crippen LogP contribution >= 0.6 is 11.3 Å². The van der Waals surface area contributed by atoms with Gasteiger partial charge in [0.1, 0.15) is 22.5 Å². The molecule has 0 N–H and O–H groups in total. The smallest absolute Gasteiger partial charge is 0.136 e. The maximum Gasteiger partial charge on any atom is 0.136 e. The van der Waals surface area contributed by atoms with Crippen molar-refractivity contribution in [3.8, 4) is 33.6 Å². The lowest BCUT2D eigenvalue weighted by molar-refractivity contribution is 0.631. The number of benzene rings is 8. The summed E-state index contributed by atoms with van der Waals surface area (Å²) in [5.41, 5.74) is 8.58. The van der Waals surface area contributed by atoms with Gasteiger partial charge in [0, 0.05) is 41.9 Å². The summed E-state index contributed by atoms with van der Waals surface area (Å²) in [5, 5.41) is 10.8. The van der Waals surface area contributed by atoms with Gasteiger partial charge >= 0.3 is 0 Å². The monoisotopic (exact) mass is 642 g/mol. The molecule has 0 unspecified atom stereocenters. The molecule has 228 valence electrons. The Kier molecular flexibility index (Phi) is 5.57. The molecule has 0 spiro atoms. The largest absolute Gasteiger partial charge is 0.456 e. The molecule has 2 nitrogen and oxygen atoms in total. The van der Waals surface area contributed by atoms with Gasteiger partial charge < -0.3 is 8.83 Å². The van der Waals surface area contributed by atoms with Crippen molar-refractivity contribution in [1.82, 2.24) is 0 Å². The van der Waals surface area contributed by atoms with E-state index in [9.17, 15) is 0 Å². The van der Waals surface area contributed by atoms with E-state index in [0.29, 0.717) is 0 Å². The van der Waals surface area contributed by atoms with Gasteiger partial charge in [-0.1, -0.05) is 115 Å². The molecule has 3 heterocycles. The van der Waals surface area contributed by atoms with Crippen LogP contribution in [0.2, 0.25) is 0 Å². The lowest BCUT2D eigenvalue weighted by Crippen LogP contribution is -1.91. The molecule has 0 aliphatic carbocycles. The van der Waals surface area contributed by atoms with Crippen LogP contribution in [0.3, 0.4) is 0 Å². The fourth-order valence-electron chi connectivity index (χ4n) is 7.92. The molecule has 8 aromatic carbocycles. The molecule has 3 heteroatoms. The van der Waals surface area contributed by atoms with Crippen molar-refractivity contribution in [2.24, 2.45) is 0 Å². The molecular formula is C46H26O2S. The van der Waals surface area contributed by atoms with Crippen molar-refractivity contribution in [1.29, 1.82) is 0 Å². The molecule has 3 aromatic heterocycles. The summed E-state index contributed by atoms with van der Waals surface area (Å²) in [4.78, 5) is 0. The number of hydrogen-bond donors (Lipinski definition) is 0. The number of furan rings is 2. The summed E-state index contributed by atoms with van der Waals surface area (Å²) in [5.74, 6) is 0.862. The van der Waals surface area contributed by atoms with E-state index in [0.717, 1.165) is 49.8 Å². The van der Waals surface area contributed by atoms with E-state index >= 15 is 0 Å². The summed E-state index contributed by atoms with van der Waals surface area (Å²) in [6.45, 7) is 0. The Balaban J connectivity index is 1.14. The highest BCUT2D eigenvalue weighted by Crippen LogP contribution is 2.48. The highest BCUT2D eigenvalue weighted by Gasteiger charge is 2.20. The highest BCUT2D eigenvalue weighted by atomic mass is 32.1. The van der Waals surface area contributed by atoms with Gasteiger partial charge in [0.25, 0.3) is 0 Å². The molecule has 0 fully saturated rings. The normalized spacial score (nSPS) is 12.1. The van der Waals surface area contributed by atoms with Crippen LogP contribution in [0, 0.1) is 0 Å². The molecule has 0 aliphatic rings. The Labute approximate surface area is 285 Å². The zero-order valence-corrected chi connectivity index (χ0v) is 27.1. The Hall–Kier alpha value is -6.16. The third-order valence-electron chi connectivity index (χ3n) is 10.1. The third kappa shape index (κ3) is 3.94. The summed E-state index contributed by atoms with van der Waals surface area (Å²) in [6.07, 6.45) is 0. The average molecular weight is 643 g/mol. The third-order valence-corrected chi connectivity index (χ3v) is 11.2. The molecule has 11 rings (SSSR count). The summed E-state index contributed by atoms with van der Waals surface area (Å²) < 4.78 is 15.5. The molecular weight excluding hydrogens is 617 g/mol. The second kappa shape index (κ2) is 10.2. The second-order valence-electron chi connectivity index (χ2n) is 12.8. The van der Waals surface area contributed by atoms with E-state index in [1.54, 1.807) is 0 Å². The first-order valence-corrected chi connectivity index (χ1v) is 17.4. The summed E-state index contributed by atoms with van der Waals surface area (Å²) in [7, 11) is 0. The number of fused-ring (bicyclic) bond motifs is 9. The molecule has 0 aliphatic heterocycles. The molecule has 0 atom stereocenters. The van der Waals surface area contributed by atoms with Crippen LogP contribution in [0.25, 0.3) is 108 Å². The molecule has 11 aromatic rings. The van der Waals surface area contributed by atoms with Crippen molar-refractivity contribution in [2.45, 2.75) is 0 Å². The van der Waals surface area contributed by atoms with E-state index in [2.05, 4.69) is 140 Å². The topological polar surface area (TPSA) is 26.3 Å². The predicted octanol–water partition coefficient (Wildman–Crippen LogP) is 14.0.